The molecule has 2 rings (SSSR count). The molecule has 2 amide bonds. The zero-order valence-electron chi connectivity index (χ0n) is 11.0. The molecule has 1 aliphatic heterocycles. The minimum Gasteiger partial charge on any atom is -0.465 e. The summed E-state index contributed by atoms with van der Waals surface area (Å²) in [6, 6.07) is 1.78. The Morgan fingerprint density at radius 2 is 2.11 bits per heavy atom. The standard InChI is InChI=1S/C13H19N3O3/c1-15-5-4-11(9-15)12(17)14-8-10-2-6-16(7-3-10)13(18)19/h4-5,9-10H,2-3,6-8H2,1H3,(H,14,17)(H,18,19). The molecular weight excluding hydrogens is 246 g/mol. The molecule has 1 saturated heterocycles. The van der Waals surface area contributed by atoms with Gasteiger partial charge >= 0.3 is 6.09 Å². The number of aryl methyl sites for hydroxylation is 1. The first-order valence-corrected chi connectivity index (χ1v) is 6.44. The van der Waals surface area contributed by atoms with Gasteiger partial charge in [-0.1, -0.05) is 0 Å². The summed E-state index contributed by atoms with van der Waals surface area (Å²) in [5.74, 6) is 0.296. The molecule has 0 unspecified atom stereocenters. The van der Waals surface area contributed by atoms with Crippen molar-refractivity contribution in [1.29, 1.82) is 0 Å². The molecule has 1 fully saturated rings. The molecule has 0 aromatic carbocycles. The third-order valence-corrected chi connectivity index (χ3v) is 3.53. The molecule has 0 radical (unpaired) electrons. The molecule has 6 heteroatoms. The van der Waals surface area contributed by atoms with E-state index in [0.29, 0.717) is 31.1 Å². The molecule has 1 aliphatic rings. The fourth-order valence-electron chi connectivity index (χ4n) is 2.31. The van der Waals surface area contributed by atoms with E-state index in [2.05, 4.69) is 5.32 Å². The predicted octanol–water partition coefficient (Wildman–Crippen LogP) is 1.14. The molecular formula is C13H19N3O3. The maximum Gasteiger partial charge on any atom is 0.407 e. The van der Waals surface area contributed by atoms with Gasteiger partial charge in [0.2, 0.25) is 0 Å². The topological polar surface area (TPSA) is 74.6 Å². The Kier molecular flexibility index (Phi) is 4.09. The van der Waals surface area contributed by atoms with Gasteiger partial charge in [-0.2, -0.15) is 0 Å². The monoisotopic (exact) mass is 265 g/mol. The van der Waals surface area contributed by atoms with E-state index in [-0.39, 0.29) is 5.91 Å². The van der Waals surface area contributed by atoms with Gasteiger partial charge in [0.1, 0.15) is 0 Å². The first-order valence-electron chi connectivity index (χ1n) is 6.44. The van der Waals surface area contributed by atoms with E-state index in [1.165, 1.54) is 4.90 Å². The predicted molar refractivity (Wildman–Crippen MR) is 70.1 cm³/mol. The maximum atomic E-state index is 11.8. The molecule has 104 valence electrons. The smallest absolute Gasteiger partial charge is 0.407 e. The number of carboxylic acid groups (broad SMARTS) is 1. The van der Waals surface area contributed by atoms with Gasteiger partial charge in [0.25, 0.3) is 5.91 Å². The van der Waals surface area contributed by atoms with E-state index >= 15 is 0 Å². The van der Waals surface area contributed by atoms with Crippen LogP contribution in [-0.2, 0) is 7.05 Å². The van der Waals surface area contributed by atoms with Crippen molar-refractivity contribution in [2.75, 3.05) is 19.6 Å². The minimum atomic E-state index is -0.855. The molecule has 0 aliphatic carbocycles. The van der Waals surface area contributed by atoms with Gasteiger partial charge in [0, 0.05) is 39.1 Å². The average Bonchev–Trinajstić information content (AvgIpc) is 2.83. The number of nitrogens with one attached hydrogen (secondary N) is 1. The van der Waals surface area contributed by atoms with E-state index in [9.17, 15) is 9.59 Å². The van der Waals surface area contributed by atoms with Crippen LogP contribution in [-0.4, -0.2) is 46.2 Å². The summed E-state index contributed by atoms with van der Waals surface area (Å²) in [5.41, 5.74) is 0.658. The van der Waals surface area contributed by atoms with Crippen molar-refractivity contribution in [1.82, 2.24) is 14.8 Å². The molecule has 19 heavy (non-hydrogen) atoms. The Morgan fingerprint density at radius 3 is 2.63 bits per heavy atom. The van der Waals surface area contributed by atoms with Gasteiger partial charge in [-0.3, -0.25) is 4.79 Å². The van der Waals surface area contributed by atoms with Crippen LogP contribution in [0, 0.1) is 5.92 Å². The van der Waals surface area contributed by atoms with Crippen LogP contribution in [0.3, 0.4) is 0 Å². The van der Waals surface area contributed by atoms with Gasteiger partial charge in [0.15, 0.2) is 0 Å². The lowest BCUT2D eigenvalue weighted by atomic mass is 9.97. The Hall–Kier alpha value is -1.98. The molecule has 6 nitrogen and oxygen atoms in total. The Balaban J connectivity index is 1.75. The van der Waals surface area contributed by atoms with Crippen LogP contribution >= 0.6 is 0 Å². The summed E-state index contributed by atoms with van der Waals surface area (Å²) < 4.78 is 1.83. The number of aromatic nitrogens is 1. The van der Waals surface area contributed by atoms with E-state index in [1.54, 1.807) is 12.3 Å². The normalized spacial score (nSPS) is 16.4. The van der Waals surface area contributed by atoms with Crippen molar-refractivity contribution in [3.8, 4) is 0 Å². The number of nitrogens with zero attached hydrogens (tertiary/aromatic N) is 2. The number of piperidine rings is 1. The van der Waals surface area contributed by atoms with Gasteiger partial charge in [-0.25, -0.2) is 4.79 Å². The van der Waals surface area contributed by atoms with E-state index in [0.717, 1.165) is 12.8 Å². The summed E-state index contributed by atoms with van der Waals surface area (Å²) in [6.07, 6.45) is 4.37. The molecule has 0 spiro atoms. The molecule has 2 heterocycles. The van der Waals surface area contributed by atoms with Gasteiger partial charge in [-0.05, 0) is 24.8 Å². The number of likely N-dealkylation sites (tertiary alicyclic amines) is 1. The quantitative estimate of drug-likeness (QED) is 0.860. The highest BCUT2D eigenvalue weighted by Crippen LogP contribution is 2.16. The summed E-state index contributed by atoms with van der Waals surface area (Å²) in [6.45, 7) is 1.73. The summed E-state index contributed by atoms with van der Waals surface area (Å²) in [4.78, 5) is 24.0. The third kappa shape index (κ3) is 3.49. The Bertz CT molecular complexity index is 461. The van der Waals surface area contributed by atoms with Gasteiger partial charge < -0.3 is 19.9 Å². The van der Waals surface area contributed by atoms with Crippen molar-refractivity contribution >= 4 is 12.0 Å². The second-order valence-electron chi connectivity index (χ2n) is 4.99. The molecule has 2 N–H and O–H groups in total. The SMILES string of the molecule is Cn1ccc(C(=O)NCC2CCN(C(=O)O)CC2)c1. The summed E-state index contributed by atoms with van der Waals surface area (Å²) in [5, 5.41) is 11.8. The molecule has 1 aromatic rings. The number of rotatable bonds is 3. The van der Waals surface area contributed by atoms with Gasteiger partial charge in [0.05, 0.1) is 5.56 Å². The Labute approximate surface area is 112 Å². The molecule has 0 atom stereocenters. The lowest BCUT2D eigenvalue weighted by Crippen LogP contribution is -2.40. The van der Waals surface area contributed by atoms with Gasteiger partial charge in [-0.15, -0.1) is 0 Å². The number of carbonyl (C=O) groups excluding carboxylic acids is 1. The van der Waals surface area contributed by atoms with Crippen LogP contribution in [0.2, 0.25) is 0 Å². The average molecular weight is 265 g/mol. The lowest BCUT2D eigenvalue weighted by molar-refractivity contribution is 0.0928. The van der Waals surface area contributed by atoms with Crippen molar-refractivity contribution in [2.45, 2.75) is 12.8 Å². The zero-order valence-corrected chi connectivity index (χ0v) is 11.0. The van der Waals surface area contributed by atoms with Crippen molar-refractivity contribution in [2.24, 2.45) is 13.0 Å². The summed E-state index contributed by atoms with van der Waals surface area (Å²) >= 11 is 0. The maximum absolute atomic E-state index is 11.8. The fraction of sp³-hybridized carbons (Fsp3) is 0.538. The van der Waals surface area contributed by atoms with Crippen LogP contribution in [0.15, 0.2) is 18.5 Å². The van der Waals surface area contributed by atoms with E-state index in [1.807, 2.05) is 17.8 Å². The number of hydrogen-bond acceptors (Lipinski definition) is 2. The lowest BCUT2D eigenvalue weighted by Gasteiger charge is -2.29. The molecule has 0 saturated carbocycles. The van der Waals surface area contributed by atoms with Crippen LogP contribution in [0.5, 0.6) is 0 Å². The zero-order chi connectivity index (χ0) is 13.8. The van der Waals surface area contributed by atoms with Crippen molar-refractivity contribution in [3.63, 3.8) is 0 Å². The largest absolute Gasteiger partial charge is 0.465 e. The highest BCUT2D eigenvalue weighted by Gasteiger charge is 2.22. The van der Waals surface area contributed by atoms with Crippen LogP contribution in [0.1, 0.15) is 23.2 Å². The molecule has 1 aromatic heterocycles. The van der Waals surface area contributed by atoms with Crippen molar-refractivity contribution < 1.29 is 14.7 Å². The third-order valence-electron chi connectivity index (χ3n) is 3.53. The summed E-state index contributed by atoms with van der Waals surface area (Å²) in [7, 11) is 1.87. The highest BCUT2D eigenvalue weighted by molar-refractivity contribution is 5.93. The highest BCUT2D eigenvalue weighted by atomic mass is 16.4. The second kappa shape index (κ2) is 5.77. The fourth-order valence-corrected chi connectivity index (χ4v) is 2.31. The van der Waals surface area contributed by atoms with Crippen LogP contribution in [0.4, 0.5) is 4.79 Å². The second-order valence-corrected chi connectivity index (χ2v) is 4.99. The first-order chi connectivity index (χ1) is 9.06. The minimum absolute atomic E-state index is 0.0683. The number of carbonyl (C=O) groups is 2. The van der Waals surface area contributed by atoms with Crippen LogP contribution < -0.4 is 5.32 Å². The Morgan fingerprint density at radius 1 is 1.42 bits per heavy atom. The number of hydrogen-bond donors (Lipinski definition) is 2. The molecule has 0 bridgehead atoms. The van der Waals surface area contributed by atoms with Crippen molar-refractivity contribution in [3.05, 3.63) is 24.0 Å². The first kappa shape index (κ1) is 13.5. The van der Waals surface area contributed by atoms with E-state index < -0.39 is 6.09 Å². The number of amides is 2. The van der Waals surface area contributed by atoms with Crippen LogP contribution in [0.25, 0.3) is 0 Å². The van der Waals surface area contributed by atoms with E-state index in [4.69, 9.17) is 5.11 Å².